The summed E-state index contributed by atoms with van der Waals surface area (Å²) in [7, 11) is 1.44. The van der Waals surface area contributed by atoms with E-state index in [2.05, 4.69) is 5.32 Å². The van der Waals surface area contributed by atoms with Gasteiger partial charge in [-0.15, -0.1) is 0 Å². The molecule has 0 spiro atoms. The van der Waals surface area contributed by atoms with Crippen molar-refractivity contribution in [3.8, 4) is 5.75 Å². The summed E-state index contributed by atoms with van der Waals surface area (Å²) < 4.78 is 47.4. The van der Waals surface area contributed by atoms with Gasteiger partial charge in [0.2, 0.25) is 17.7 Å². The van der Waals surface area contributed by atoms with E-state index in [-0.39, 0.29) is 12.2 Å². The molecule has 3 aromatic carbocycles. The van der Waals surface area contributed by atoms with Crippen LogP contribution in [-0.4, -0.2) is 34.6 Å². The standard InChI is InChI=1S/C30H21ClF3N3O5S2/c1-42-20-8-3-2-7-19(20)22-23-24(27(40)37(26(23)39)18-6-4-5-15(13-18)30(32,33)34)43-28-25(22)44-29(41)36(28)14-21(38)35-17-11-9-16(31)10-12-17/h2-13,22-24H,14H2,1H3,(H,35,38). The van der Waals surface area contributed by atoms with Gasteiger partial charge < -0.3 is 10.1 Å². The van der Waals surface area contributed by atoms with Gasteiger partial charge in [0.15, 0.2) is 0 Å². The number of carbonyl (C=O) groups excluding carboxylic acids is 3. The molecule has 3 heterocycles. The van der Waals surface area contributed by atoms with Crippen molar-refractivity contribution in [3.63, 3.8) is 0 Å². The van der Waals surface area contributed by atoms with Crippen molar-refractivity contribution in [1.82, 2.24) is 4.57 Å². The van der Waals surface area contributed by atoms with E-state index in [4.69, 9.17) is 16.3 Å². The number of hydrogen-bond acceptors (Lipinski definition) is 7. The lowest BCUT2D eigenvalue weighted by atomic mass is 9.82. The van der Waals surface area contributed by atoms with Gasteiger partial charge in [0.25, 0.3) is 0 Å². The number of anilines is 2. The molecule has 8 nitrogen and oxygen atoms in total. The third-order valence-corrected chi connectivity index (χ3v) is 10.2. The minimum absolute atomic E-state index is 0.202. The molecule has 0 saturated carbocycles. The average Bonchev–Trinajstić information content (AvgIpc) is 3.44. The number of alkyl halides is 3. The summed E-state index contributed by atoms with van der Waals surface area (Å²) in [5.74, 6) is -3.42. The first-order valence-electron chi connectivity index (χ1n) is 13.1. The number of aromatic nitrogens is 1. The molecule has 1 aromatic heterocycles. The van der Waals surface area contributed by atoms with Gasteiger partial charge in [-0.05, 0) is 48.5 Å². The Morgan fingerprint density at radius 1 is 1.00 bits per heavy atom. The van der Waals surface area contributed by atoms with Crippen LogP contribution in [0.15, 0.2) is 82.6 Å². The first-order valence-corrected chi connectivity index (χ1v) is 15.2. The molecule has 3 amide bonds. The van der Waals surface area contributed by atoms with Gasteiger partial charge in [0, 0.05) is 27.1 Å². The highest BCUT2D eigenvalue weighted by atomic mass is 35.5. The third-order valence-electron chi connectivity index (χ3n) is 7.38. The van der Waals surface area contributed by atoms with Gasteiger partial charge in [0.1, 0.15) is 17.5 Å². The number of fused-ring (bicyclic) bond motifs is 2. The Bertz CT molecular complexity index is 1860. The van der Waals surface area contributed by atoms with Crippen molar-refractivity contribution in [2.24, 2.45) is 5.92 Å². The molecule has 1 saturated heterocycles. The second-order valence-corrected chi connectivity index (χ2v) is 12.6. The first kappa shape index (κ1) is 30.0. The lowest BCUT2D eigenvalue weighted by molar-refractivity contribution is -0.137. The number of methoxy groups -OCH3 is 1. The number of thiazole rings is 1. The van der Waals surface area contributed by atoms with Crippen LogP contribution in [0.3, 0.4) is 0 Å². The second kappa shape index (κ2) is 11.5. The van der Waals surface area contributed by atoms with Crippen molar-refractivity contribution in [3.05, 3.63) is 103 Å². The Morgan fingerprint density at radius 2 is 1.73 bits per heavy atom. The van der Waals surface area contributed by atoms with E-state index in [0.717, 1.165) is 46.2 Å². The Hall–Kier alpha value is -4.07. The number of nitrogens with zero attached hydrogens (tertiary/aromatic N) is 2. The summed E-state index contributed by atoms with van der Waals surface area (Å²) in [5, 5.41) is 2.43. The molecule has 2 aliphatic heterocycles. The number of para-hydroxylation sites is 1. The van der Waals surface area contributed by atoms with Crippen LogP contribution in [0, 0.1) is 5.92 Å². The number of imide groups is 1. The molecule has 44 heavy (non-hydrogen) atoms. The maximum absolute atomic E-state index is 14.0. The predicted octanol–water partition coefficient (Wildman–Crippen LogP) is 6.03. The quantitative estimate of drug-likeness (QED) is 0.254. The monoisotopic (exact) mass is 659 g/mol. The summed E-state index contributed by atoms with van der Waals surface area (Å²) in [6, 6.07) is 17.3. The molecule has 1 N–H and O–H groups in total. The number of benzene rings is 3. The largest absolute Gasteiger partial charge is 0.496 e. The number of hydrogen-bond donors (Lipinski definition) is 1. The molecule has 14 heteroatoms. The van der Waals surface area contributed by atoms with E-state index >= 15 is 0 Å². The predicted molar refractivity (Wildman–Crippen MR) is 161 cm³/mol. The minimum atomic E-state index is -4.68. The zero-order chi connectivity index (χ0) is 31.3. The van der Waals surface area contributed by atoms with Crippen molar-refractivity contribution in [2.45, 2.75) is 28.9 Å². The highest BCUT2D eigenvalue weighted by molar-refractivity contribution is 8.00. The Balaban J connectivity index is 1.43. The van der Waals surface area contributed by atoms with Crippen LogP contribution in [-0.2, 0) is 27.1 Å². The molecule has 4 aromatic rings. The zero-order valence-electron chi connectivity index (χ0n) is 22.6. The van der Waals surface area contributed by atoms with E-state index in [9.17, 15) is 32.3 Å². The number of carbonyl (C=O) groups is 3. The fraction of sp³-hybridized carbons (Fsp3) is 0.200. The molecular formula is C30H21ClF3N3O5S2. The Kier molecular flexibility index (Phi) is 7.80. The van der Waals surface area contributed by atoms with E-state index in [1.54, 1.807) is 48.5 Å². The van der Waals surface area contributed by atoms with Crippen molar-refractivity contribution < 1.29 is 32.3 Å². The number of thioether (sulfide) groups is 1. The highest BCUT2D eigenvalue weighted by Gasteiger charge is 2.57. The topological polar surface area (TPSA) is 97.7 Å². The molecule has 226 valence electrons. The van der Waals surface area contributed by atoms with Gasteiger partial charge in [-0.3, -0.25) is 23.7 Å². The zero-order valence-corrected chi connectivity index (χ0v) is 25.0. The molecule has 0 radical (unpaired) electrons. The van der Waals surface area contributed by atoms with Crippen LogP contribution < -0.4 is 19.8 Å². The maximum atomic E-state index is 14.0. The first-order chi connectivity index (χ1) is 21.0. The fourth-order valence-corrected chi connectivity index (χ4v) is 8.36. The van der Waals surface area contributed by atoms with Crippen LogP contribution in [0.25, 0.3) is 0 Å². The number of ether oxygens (including phenoxy) is 1. The second-order valence-electron chi connectivity index (χ2n) is 10.0. The molecular weight excluding hydrogens is 639 g/mol. The van der Waals surface area contributed by atoms with E-state index < -0.39 is 51.4 Å². The van der Waals surface area contributed by atoms with Crippen LogP contribution in [0.2, 0.25) is 5.02 Å². The van der Waals surface area contributed by atoms with Crippen LogP contribution in [0.4, 0.5) is 24.5 Å². The Morgan fingerprint density at radius 3 is 2.43 bits per heavy atom. The smallest absolute Gasteiger partial charge is 0.416 e. The number of nitrogens with one attached hydrogen (secondary N) is 1. The maximum Gasteiger partial charge on any atom is 0.416 e. The molecule has 6 rings (SSSR count). The van der Waals surface area contributed by atoms with E-state index in [1.165, 1.54) is 17.7 Å². The van der Waals surface area contributed by atoms with Gasteiger partial charge in [-0.25, -0.2) is 4.90 Å². The van der Waals surface area contributed by atoms with Crippen molar-refractivity contribution in [2.75, 3.05) is 17.3 Å². The summed E-state index contributed by atoms with van der Waals surface area (Å²) in [4.78, 5) is 55.0. The molecule has 1 fully saturated rings. The minimum Gasteiger partial charge on any atom is -0.496 e. The van der Waals surface area contributed by atoms with E-state index in [0.29, 0.717) is 31.9 Å². The molecule has 3 unspecified atom stereocenters. The Labute approximate surface area is 261 Å². The average molecular weight is 660 g/mol. The lowest BCUT2D eigenvalue weighted by Crippen LogP contribution is -2.33. The van der Waals surface area contributed by atoms with Crippen LogP contribution in [0.5, 0.6) is 5.75 Å². The fourth-order valence-electron chi connectivity index (χ4n) is 5.47. The summed E-state index contributed by atoms with van der Waals surface area (Å²) in [6.07, 6.45) is -4.68. The number of halogens is 4. The molecule has 0 aliphatic carbocycles. The summed E-state index contributed by atoms with van der Waals surface area (Å²) in [6.45, 7) is -0.379. The molecule has 2 aliphatic rings. The van der Waals surface area contributed by atoms with Crippen molar-refractivity contribution in [1.29, 1.82) is 0 Å². The van der Waals surface area contributed by atoms with Gasteiger partial charge in [-0.1, -0.05) is 59.0 Å². The molecule has 3 atom stereocenters. The SMILES string of the molecule is COc1ccccc1C1c2sc(=O)n(CC(=O)Nc3ccc(Cl)cc3)c2SC2C(=O)N(c3cccc(C(F)(F)F)c3)C(=O)C21. The van der Waals surface area contributed by atoms with Gasteiger partial charge in [0.05, 0.1) is 29.3 Å². The summed E-state index contributed by atoms with van der Waals surface area (Å²) in [5.41, 5.74) is -0.215. The summed E-state index contributed by atoms with van der Waals surface area (Å²) >= 11 is 7.72. The van der Waals surface area contributed by atoms with E-state index in [1.807, 2.05) is 0 Å². The lowest BCUT2D eigenvalue weighted by Gasteiger charge is -2.31. The third kappa shape index (κ3) is 5.29. The van der Waals surface area contributed by atoms with Gasteiger partial charge >= 0.3 is 11.0 Å². The number of amides is 3. The molecule has 0 bridgehead atoms. The van der Waals surface area contributed by atoms with Gasteiger partial charge in [-0.2, -0.15) is 13.2 Å². The van der Waals surface area contributed by atoms with Crippen molar-refractivity contribution >= 4 is 63.8 Å². The number of rotatable bonds is 6. The highest BCUT2D eigenvalue weighted by Crippen LogP contribution is 2.55. The normalized spacial score (nSPS) is 19.5. The van der Waals surface area contributed by atoms with Crippen LogP contribution in [0.1, 0.15) is 21.9 Å². The van der Waals surface area contributed by atoms with Crippen LogP contribution >= 0.6 is 34.7 Å².